The number of rotatable bonds is 1. The molecule has 2 nitrogen and oxygen atoms in total. The highest BCUT2D eigenvalue weighted by atomic mass is 35.5. The average Bonchev–Trinajstić information content (AvgIpc) is 2.45. The van der Waals surface area contributed by atoms with Gasteiger partial charge in [-0.05, 0) is 6.07 Å². The lowest BCUT2D eigenvalue weighted by Gasteiger charge is -1.90. The zero-order chi connectivity index (χ0) is 9.42. The molecule has 0 atom stereocenters. The minimum atomic E-state index is -0.362. The second kappa shape index (κ2) is 3.01. The fraction of sp³-hybridized carbons (Fsp3) is 0.111. The molecule has 0 unspecified atom stereocenters. The number of benzene rings is 1. The maximum atomic E-state index is 13.1. The molecule has 0 fully saturated rings. The highest BCUT2D eigenvalue weighted by Crippen LogP contribution is 2.28. The maximum Gasteiger partial charge on any atom is 0.147 e. The van der Waals surface area contributed by atoms with Crippen molar-refractivity contribution in [2.24, 2.45) is 0 Å². The number of aliphatic hydroxyl groups is 1. The number of hydrogen-bond donors (Lipinski definition) is 2. The Morgan fingerprint density at radius 2 is 2.23 bits per heavy atom. The second-order valence-corrected chi connectivity index (χ2v) is 3.12. The molecular formula is C9H7ClFNO. The smallest absolute Gasteiger partial charge is 0.147 e. The van der Waals surface area contributed by atoms with E-state index in [4.69, 9.17) is 16.7 Å². The van der Waals surface area contributed by atoms with Crippen molar-refractivity contribution in [3.8, 4) is 0 Å². The van der Waals surface area contributed by atoms with Gasteiger partial charge in [-0.1, -0.05) is 23.7 Å². The van der Waals surface area contributed by atoms with Gasteiger partial charge in [-0.15, -0.1) is 0 Å². The normalized spacial score (nSPS) is 11.0. The van der Waals surface area contributed by atoms with Gasteiger partial charge in [-0.2, -0.15) is 0 Å². The number of nitrogens with one attached hydrogen (secondary N) is 1. The number of fused-ring (bicyclic) bond motifs is 1. The monoisotopic (exact) mass is 199 g/mol. The Kier molecular flexibility index (Phi) is 1.98. The Bertz CT molecular complexity index is 452. The van der Waals surface area contributed by atoms with Crippen LogP contribution in [-0.4, -0.2) is 10.1 Å². The highest BCUT2D eigenvalue weighted by molar-refractivity contribution is 6.36. The first-order chi connectivity index (χ1) is 6.24. The number of halogens is 2. The second-order valence-electron chi connectivity index (χ2n) is 2.74. The van der Waals surface area contributed by atoms with Crippen molar-refractivity contribution in [2.45, 2.75) is 6.61 Å². The van der Waals surface area contributed by atoms with Crippen LogP contribution in [0.25, 0.3) is 10.9 Å². The van der Waals surface area contributed by atoms with E-state index in [1.807, 2.05) is 0 Å². The molecule has 2 aromatic rings. The van der Waals surface area contributed by atoms with Crippen molar-refractivity contribution in [3.05, 3.63) is 34.7 Å². The molecule has 0 spiro atoms. The maximum absolute atomic E-state index is 13.1. The van der Waals surface area contributed by atoms with Gasteiger partial charge < -0.3 is 10.1 Å². The molecule has 68 valence electrons. The average molecular weight is 200 g/mol. The molecule has 0 amide bonds. The topological polar surface area (TPSA) is 36.0 Å². The third-order valence-corrected chi connectivity index (χ3v) is 2.38. The number of hydrogen-bond acceptors (Lipinski definition) is 1. The van der Waals surface area contributed by atoms with Crippen LogP contribution in [0.4, 0.5) is 4.39 Å². The van der Waals surface area contributed by atoms with Crippen LogP contribution in [0.2, 0.25) is 5.02 Å². The zero-order valence-electron chi connectivity index (χ0n) is 6.64. The molecule has 1 aromatic carbocycles. The van der Waals surface area contributed by atoms with Gasteiger partial charge in [-0.25, -0.2) is 4.39 Å². The first kappa shape index (κ1) is 8.53. The van der Waals surface area contributed by atoms with Crippen LogP contribution in [0.5, 0.6) is 0 Å². The lowest BCUT2D eigenvalue weighted by molar-refractivity contribution is 0.278. The van der Waals surface area contributed by atoms with Crippen LogP contribution in [0.3, 0.4) is 0 Å². The zero-order valence-corrected chi connectivity index (χ0v) is 7.40. The van der Waals surface area contributed by atoms with E-state index in [0.29, 0.717) is 21.6 Å². The summed E-state index contributed by atoms with van der Waals surface area (Å²) in [4.78, 5) is 2.72. The molecule has 0 aliphatic carbocycles. The summed E-state index contributed by atoms with van der Waals surface area (Å²) in [6, 6.07) is 4.63. The van der Waals surface area contributed by atoms with Gasteiger partial charge in [0.15, 0.2) is 0 Å². The Morgan fingerprint density at radius 1 is 1.46 bits per heavy atom. The number of aliphatic hydroxyl groups excluding tert-OH is 1. The lowest BCUT2D eigenvalue weighted by Crippen LogP contribution is -1.82. The van der Waals surface area contributed by atoms with Crippen molar-refractivity contribution in [2.75, 3.05) is 0 Å². The number of para-hydroxylation sites is 1. The van der Waals surface area contributed by atoms with Gasteiger partial charge in [0, 0.05) is 5.39 Å². The summed E-state index contributed by atoms with van der Waals surface area (Å²) in [7, 11) is 0. The summed E-state index contributed by atoms with van der Waals surface area (Å²) in [5, 5.41) is 9.86. The van der Waals surface area contributed by atoms with Crippen molar-refractivity contribution >= 4 is 22.5 Å². The van der Waals surface area contributed by atoms with Gasteiger partial charge >= 0.3 is 0 Å². The minimum absolute atomic E-state index is 0.215. The van der Waals surface area contributed by atoms with Crippen LogP contribution in [-0.2, 0) is 6.61 Å². The predicted molar refractivity (Wildman–Crippen MR) is 49.2 cm³/mol. The van der Waals surface area contributed by atoms with Gasteiger partial charge in [0.05, 0.1) is 22.8 Å². The van der Waals surface area contributed by atoms with Crippen molar-refractivity contribution in [1.82, 2.24) is 4.98 Å². The summed E-state index contributed by atoms with van der Waals surface area (Å²) in [5.41, 5.74) is 0.790. The fourth-order valence-corrected chi connectivity index (χ4v) is 1.58. The number of H-pyrrole nitrogens is 1. The van der Waals surface area contributed by atoms with Crippen LogP contribution in [0.1, 0.15) is 5.69 Å². The molecule has 0 aliphatic heterocycles. The molecule has 1 heterocycles. The van der Waals surface area contributed by atoms with Crippen LogP contribution in [0.15, 0.2) is 18.2 Å². The molecule has 1 aromatic heterocycles. The van der Waals surface area contributed by atoms with Crippen molar-refractivity contribution < 1.29 is 9.50 Å². The van der Waals surface area contributed by atoms with Crippen molar-refractivity contribution in [3.63, 3.8) is 0 Å². The third-order valence-electron chi connectivity index (χ3n) is 1.95. The Hall–Kier alpha value is -1.06. The van der Waals surface area contributed by atoms with Crippen LogP contribution >= 0.6 is 11.6 Å². The summed E-state index contributed by atoms with van der Waals surface area (Å²) >= 11 is 5.87. The first-order valence-electron chi connectivity index (χ1n) is 3.79. The van der Waals surface area contributed by atoms with E-state index in [-0.39, 0.29) is 12.4 Å². The molecule has 2 rings (SSSR count). The van der Waals surface area contributed by atoms with Gasteiger partial charge in [0.2, 0.25) is 0 Å². The largest absolute Gasteiger partial charge is 0.390 e. The molecule has 4 heteroatoms. The molecule has 0 aliphatic rings. The SMILES string of the molecule is OCc1[nH]c2c(F)cccc2c1Cl. The summed E-state index contributed by atoms with van der Waals surface area (Å²) in [5.74, 6) is -0.362. The molecule has 0 radical (unpaired) electrons. The molecular weight excluding hydrogens is 193 g/mol. The molecule has 0 saturated carbocycles. The molecule has 2 N–H and O–H groups in total. The predicted octanol–water partition coefficient (Wildman–Crippen LogP) is 2.45. The fourth-order valence-electron chi connectivity index (χ4n) is 1.31. The van der Waals surface area contributed by atoms with E-state index >= 15 is 0 Å². The van der Waals surface area contributed by atoms with Gasteiger partial charge in [-0.3, -0.25) is 0 Å². The summed E-state index contributed by atoms with van der Waals surface area (Å²) in [6.45, 7) is -0.215. The Balaban J connectivity index is 2.83. The van der Waals surface area contributed by atoms with Gasteiger partial charge in [0.1, 0.15) is 5.82 Å². The van der Waals surface area contributed by atoms with E-state index in [9.17, 15) is 4.39 Å². The van der Waals surface area contributed by atoms with Gasteiger partial charge in [0.25, 0.3) is 0 Å². The van der Waals surface area contributed by atoms with Crippen LogP contribution in [0, 0.1) is 5.82 Å². The van der Waals surface area contributed by atoms with Crippen molar-refractivity contribution in [1.29, 1.82) is 0 Å². The standard InChI is InChI=1S/C9H7ClFNO/c10-8-5-2-1-3-6(11)9(5)12-7(8)4-13/h1-3,12-13H,4H2. The minimum Gasteiger partial charge on any atom is -0.390 e. The van der Waals surface area contributed by atoms with Crippen LogP contribution < -0.4 is 0 Å². The lowest BCUT2D eigenvalue weighted by atomic mass is 10.2. The Labute approximate surface area is 79.0 Å². The number of aromatic amines is 1. The molecule has 0 bridgehead atoms. The molecule has 13 heavy (non-hydrogen) atoms. The quantitative estimate of drug-likeness (QED) is 0.727. The van der Waals surface area contributed by atoms with E-state index in [1.165, 1.54) is 6.07 Å². The number of aromatic nitrogens is 1. The first-order valence-corrected chi connectivity index (χ1v) is 4.17. The summed E-state index contributed by atoms with van der Waals surface area (Å²) < 4.78 is 13.1. The third kappa shape index (κ3) is 1.20. The summed E-state index contributed by atoms with van der Waals surface area (Å²) in [6.07, 6.45) is 0. The van der Waals surface area contributed by atoms with E-state index in [0.717, 1.165) is 0 Å². The van der Waals surface area contributed by atoms with E-state index < -0.39 is 0 Å². The Morgan fingerprint density at radius 3 is 2.85 bits per heavy atom. The van der Waals surface area contributed by atoms with E-state index in [1.54, 1.807) is 12.1 Å². The van der Waals surface area contributed by atoms with E-state index in [2.05, 4.69) is 4.98 Å². The highest BCUT2D eigenvalue weighted by Gasteiger charge is 2.10. The molecule has 0 saturated heterocycles.